The molecule has 1 aromatic rings. The van der Waals surface area contributed by atoms with Crippen LogP contribution in [0.25, 0.3) is 6.08 Å². The number of morpholine rings is 1. The second-order valence-electron chi connectivity index (χ2n) is 5.76. The number of carbonyl (C=O) groups is 3. The normalized spacial score (nSPS) is 20.8. The Kier molecular flexibility index (Phi) is 5.67. The fourth-order valence-electron chi connectivity index (χ4n) is 2.68. The molecule has 8 nitrogen and oxygen atoms in total. The van der Waals surface area contributed by atoms with E-state index in [1.165, 1.54) is 13.0 Å². The summed E-state index contributed by atoms with van der Waals surface area (Å²) >= 11 is 0.782. The molecule has 0 unspecified atom stereocenters. The molecule has 26 heavy (non-hydrogen) atoms. The van der Waals surface area contributed by atoms with E-state index in [4.69, 9.17) is 13.9 Å². The first-order valence-electron chi connectivity index (χ1n) is 8.37. The highest BCUT2D eigenvalue weighted by Gasteiger charge is 2.41. The van der Waals surface area contributed by atoms with Gasteiger partial charge in [-0.3, -0.25) is 14.5 Å². The van der Waals surface area contributed by atoms with Gasteiger partial charge in [-0.2, -0.15) is 0 Å². The van der Waals surface area contributed by atoms with E-state index in [1.807, 2.05) is 6.07 Å². The average Bonchev–Trinajstić information content (AvgIpc) is 3.20. The van der Waals surface area contributed by atoms with E-state index < -0.39 is 23.2 Å². The number of esters is 1. The fraction of sp³-hybridized carbons (Fsp3) is 0.471. The molecular weight excluding hydrogens is 360 g/mol. The predicted molar refractivity (Wildman–Crippen MR) is 95.6 cm³/mol. The quantitative estimate of drug-likeness (QED) is 0.567. The van der Waals surface area contributed by atoms with Crippen LogP contribution >= 0.6 is 11.8 Å². The van der Waals surface area contributed by atoms with E-state index in [1.54, 1.807) is 13.0 Å². The maximum atomic E-state index is 12.5. The third kappa shape index (κ3) is 3.78. The molecule has 2 aliphatic rings. The zero-order valence-corrected chi connectivity index (χ0v) is 15.4. The van der Waals surface area contributed by atoms with Crippen molar-refractivity contribution in [1.29, 1.82) is 0 Å². The number of rotatable bonds is 5. The molecule has 2 amide bonds. The molecular formula is C17H20N2O6S. The maximum absolute atomic E-state index is 12.5. The Hall–Kier alpha value is -2.26. The van der Waals surface area contributed by atoms with Gasteiger partial charge in [0.1, 0.15) is 11.8 Å². The van der Waals surface area contributed by atoms with Gasteiger partial charge in [0.2, 0.25) is 0 Å². The van der Waals surface area contributed by atoms with E-state index in [0.29, 0.717) is 24.9 Å². The van der Waals surface area contributed by atoms with Gasteiger partial charge in [0.05, 0.1) is 24.7 Å². The molecule has 2 fully saturated rings. The molecule has 2 aliphatic heterocycles. The Bertz CT molecular complexity index is 737. The van der Waals surface area contributed by atoms with Crippen molar-refractivity contribution in [3.8, 4) is 0 Å². The zero-order chi connectivity index (χ0) is 18.7. The number of amides is 2. The van der Waals surface area contributed by atoms with Crippen molar-refractivity contribution >= 4 is 40.8 Å². The van der Waals surface area contributed by atoms with Crippen molar-refractivity contribution in [2.45, 2.75) is 19.9 Å². The molecule has 0 radical (unpaired) electrons. The van der Waals surface area contributed by atoms with Gasteiger partial charge in [-0.25, -0.2) is 4.79 Å². The second kappa shape index (κ2) is 7.96. The van der Waals surface area contributed by atoms with Gasteiger partial charge >= 0.3 is 5.97 Å². The van der Waals surface area contributed by atoms with Crippen LogP contribution in [0.1, 0.15) is 19.6 Å². The zero-order valence-electron chi connectivity index (χ0n) is 14.6. The average molecular weight is 380 g/mol. The predicted octanol–water partition coefficient (Wildman–Crippen LogP) is 2.10. The number of anilines is 1. The number of nitrogens with zero attached hydrogens (tertiary/aromatic N) is 2. The monoisotopic (exact) mass is 380 g/mol. The van der Waals surface area contributed by atoms with E-state index >= 15 is 0 Å². The first kappa shape index (κ1) is 18.5. The highest BCUT2D eigenvalue weighted by Crippen LogP contribution is 2.34. The molecule has 0 N–H and O–H groups in total. The lowest BCUT2D eigenvalue weighted by atomic mass is 10.3. The minimum atomic E-state index is -0.964. The van der Waals surface area contributed by atoms with Crippen LogP contribution < -0.4 is 4.90 Å². The van der Waals surface area contributed by atoms with Crippen molar-refractivity contribution in [3.63, 3.8) is 0 Å². The van der Waals surface area contributed by atoms with Gasteiger partial charge in [0.15, 0.2) is 5.88 Å². The molecule has 1 atom stereocenters. The van der Waals surface area contributed by atoms with Gasteiger partial charge in [-0.1, -0.05) is 0 Å². The number of thioether (sulfide) groups is 1. The summed E-state index contributed by atoms with van der Waals surface area (Å²) in [5.74, 6) is 0.0352. The molecule has 2 saturated heterocycles. The number of hydrogen-bond donors (Lipinski definition) is 0. The second-order valence-corrected chi connectivity index (χ2v) is 6.75. The molecule has 1 aromatic heterocycles. The number of imide groups is 1. The minimum Gasteiger partial charge on any atom is -0.464 e. The molecule has 0 saturated carbocycles. The Labute approximate surface area is 155 Å². The lowest BCUT2D eigenvalue weighted by Gasteiger charge is -2.26. The highest BCUT2D eigenvalue weighted by atomic mass is 32.2. The molecule has 0 bridgehead atoms. The Morgan fingerprint density at radius 2 is 2.08 bits per heavy atom. The first-order chi connectivity index (χ1) is 12.5. The third-order valence-corrected chi connectivity index (χ3v) is 4.93. The third-order valence-electron chi connectivity index (χ3n) is 4.05. The number of hydrogen-bond acceptors (Lipinski definition) is 8. The summed E-state index contributed by atoms with van der Waals surface area (Å²) in [5.41, 5.74) is 0. The summed E-state index contributed by atoms with van der Waals surface area (Å²) in [4.78, 5) is 39.7. The standard InChI is InChI=1S/C17H20N2O6S/c1-3-24-16(21)11(2)19-15(20)13(26-17(19)22)10-12-4-5-14(25-12)18-6-8-23-9-7-18/h4-5,10-11H,3,6-9H2,1-2H3/b13-10-/t11-/m0/s1. The van der Waals surface area contributed by atoms with Crippen LogP contribution in [0.3, 0.4) is 0 Å². The summed E-state index contributed by atoms with van der Waals surface area (Å²) in [6.45, 7) is 6.08. The van der Waals surface area contributed by atoms with Crippen molar-refractivity contribution in [1.82, 2.24) is 4.90 Å². The van der Waals surface area contributed by atoms with E-state index in [2.05, 4.69) is 4.90 Å². The highest BCUT2D eigenvalue weighted by molar-refractivity contribution is 8.18. The van der Waals surface area contributed by atoms with Crippen molar-refractivity contribution in [3.05, 3.63) is 22.8 Å². The topological polar surface area (TPSA) is 89.3 Å². The Morgan fingerprint density at radius 3 is 2.77 bits per heavy atom. The lowest BCUT2D eigenvalue weighted by Crippen LogP contribution is -2.42. The van der Waals surface area contributed by atoms with Crippen LogP contribution in [0, 0.1) is 0 Å². The molecule has 0 spiro atoms. The van der Waals surface area contributed by atoms with Gasteiger partial charge in [-0.15, -0.1) is 0 Å². The number of furan rings is 1. The molecule has 9 heteroatoms. The van der Waals surface area contributed by atoms with E-state index in [9.17, 15) is 14.4 Å². The smallest absolute Gasteiger partial charge is 0.329 e. The van der Waals surface area contributed by atoms with E-state index in [-0.39, 0.29) is 11.5 Å². The molecule has 3 rings (SSSR count). The number of ether oxygens (including phenoxy) is 2. The van der Waals surface area contributed by atoms with Crippen LogP contribution in [0.15, 0.2) is 21.5 Å². The summed E-state index contributed by atoms with van der Waals surface area (Å²) in [5, 5.41) is -0.498. The summed E-state index contributed by atoms with van der Waals surface area (Å²) in [6.07, 6.45) is 1.52. The van der Waals surface area contributed by atoms with Crippen LogP contribution in [-0.2, 0) is 19.1 Å². The Balaban J connectivity index is 1.73. The van der Waals surface area contributed by atoms with Gasteiger partial charge in [-0.05, 0) is 31.7 Å². The maximum Gasteiger partial charge on any atom is 0.329 e. The summed E-state index contributed by atoms with van der Waals surface area (Å²) in [6, 6.07) is 2.60. The van der Waals surface area contributed by atoms with Crippen molar-refractivity contribution < 1.29 is 28.3 Å². The van der Waals surface area contributed by atoms with Crippen LogP contribution in [0.5, 0.6) is 0 Å². The molecule has 0 aromatic carbocycles. The first-order valence-corrected chi connectivity index (χ1v) is 9.19. The minimum absolute atomic E-state index is 0.186. The van der Waals surface area contributed by atoms with Crippen molar-refractivity contribution in [2.75, 3.05) is 37.8 Å². The van der Waals surface area contributed by atoms with Crippen LogP contribution in [-0.4, -0.2) is 61.0 Å². The number of carbonyl (C=O) groups excluding carboxylic acids is 3. The van der Waals surface area contributed by atoms with Crippen LogP contribution in [0.4, 0.5) is 10.7 Å². The van der Waals surface area contributed by atoms with Gasteiger partial charge < -0.3 is 18.8 Å². The lowest BCUT2D eigenvalue weighted by molar-refractivity contribution is -0.150. The van der Waals surface area contributed by atoms with Crippen molar-refractivity contribution in [2.24, 2.45) is 0 Å². The summed E-state index contributed by atoms with van der Waals surface area (Å²) < 4.78 is 16.0. The van der Waals surface area contributed by atoms with E-state index in [0.717, 1.165) is 29.8 Å². The van der Waals surface area contributed by atoms with Gasteiger partial charge in [0, 0.05) is 25.2 Å². The molecule has 0 aliphatic carbocycles. The SMILES string of the molecule is CCOC(=O)[C@H](C)N1C(=O)S/C(=C\c2ccc(N3CCOCC3)o2)C1=O. The largest absolute Gasteiger partial charge is 0.464 e. The molecule has 3 heterocycles. The summed E-state index contributed by atoms with van der Waals surface area (Å²) in [7, 11) is 0. The molecule has 140 valence electrons. The van der Waals surface area contributed by atoms with Crippen LogP contribution in [0.2, 0.25) is 0 Å². The van der Waals surface area contributed by atoms with Gasteiger partial charge in [0.25, 0.3) is 11.1 Å². The Morgan fingerprint density at radius 1 is 1.35 bits per heavy atom. The fourth-order valence-corrected chi connectivity index (χ4v) is 3.57.